The maximum Gasteiger partial charge on any atom is 0.416 e. The Labute approximate surface area is 224 Å². The molecule has 0 saturated heterocycles. The van der Waals surface area contributed by atoms with Gasteiger partial charge < -0.3 is 24.3 Å². The summed E-state index contributed by atoms with van der Waals surface area (Å²) >= 11 is 0. The van der Waals surface area contributed by atoms with Crippen LogP contribution < -0.4 is 5.32 Å². The van der Waals surface area contributed by atoms with Gasteiger partial charge in [-0.3, -0.25) is 4.79 Å². The van der Waals surface area contributed by atoms with Crippen LogP contribution in [0.4, 0.5) is 28.0 Å². The topological polar surface area (TPSA) is 75.0 Å². The number of carbonyl (C=O) groups is 2. The van der Waals surface area contributed by atoms with Gasteiger partial charge >= 0.3 is 12.2 Å². The largest absolute Gasteiger partial charge is 0.464 e. The van der Waals surface area contributed by atoms with Crippen molar-refractivity contribution in [1.82, 2.24) is 9.80 Å². The Morgan fingerprint density at radius 2 is 1.64 bits per heavy atom. The lowest BCUT2D eigenvalue weighted by atomic mass is 10.2. The van der Waals surface area contributed by atoms with Gasteiger partial charge in [-0.05, 0) is 74.4 Å². The maximum atomic E-state index is 13.5. The minimum Gasteiger partial charge on any atom is -0.464 e. The number of hydrogen-bond donors (Lipinski definition) is 1. The summed E-state index contributed by atoms with van der Waals surface area (Å²) in [5, 5.41) is 2.56. The number of anilines is 1. The van der Waals surface area contributed by atoms with E-state index in [0.29, 0.717) is 36.7 Å². The first-order chi connectivity index (χ1) is 18.5. The predicted molar refractivity (Wildman–Crippen MR) is 137 cm³/mol. The third-order valence-electron chi connectivity index (χ3n) is 5.78. The molecule has 0 atom stereocenters. The Balaban J connectivity index is 1.76. The zero-order valence-corrected chi connectivity index (χ0v) is 21.8. The van der Waals surface area contributed by atoms with Gasteiger partial charge in [0.15, 0.2) is 0 Å². The smallest absolute Gasteiger partial charge is 0.416 e. The van der Waals surface area contributed by atoms with Crippen LogP contribution >= 0.6 is 0 Å². The third kappa shape index (κ3) is 9.43. The van der Waals surface area contributed by atoms with Crippen LogP contribution in [0.2, 0.25) is 0 Å². The minimum absolute atomic E-state index is 0.122. The number of ether oxygens (including phenoxy) is 1. The van der Waals surface area contributed by atoms with E-state index in [-0.39, 0.29) is 31.9 Å². The highest BCUT2D eigenvalue weighted by molar-refractivity contribution is 5.92. The van der Waals surface area contributed by atoms with Gasteiger partial charge in [0.25, 0.3) is 0 Å². The van der Waals surface area contributed by atoms with Crippen molar-refractivity contribution in [2.45, 2.75) is 39.5 Å². The second-order valence-corrected chi connectivity index (χ2v) is 8.87. The van der Waals surface area contributed by atoms with Gasteiger partial charge in [-0.1, -0.05) is 12.1 Å². The van der Waals surface area contributed by atoms with Crippen LogP contribution in [0.3, 0.4) is 0 Å². The molecular weight excluding hydrogens is 518 g/mol. The molecule has 11 heteroatoms. The fourth-order valence-electron chi connectivity index (χ4n) is 3.76. The summed E-state index contributed by atoms with van der Waals surface area (Å²) in [4.78, 5) is 29.3. The summed E-state index contributed by atoms with van der Waals surface area (Å²) in [6.45, 7) is 4.60. The number of urea groups is 1. The molecule has 0 saturated carbocycles. The summed E-state index contributed by atoms with van der Waals surface area (Å²) in [5.41, 5.74) is 0.00320. The molecule has 0 aliphatic rings. The molecule has 3 amide bonds. The van der Waals surface area contributed by atoms with Gasteiger partial charge in [0, 0.05) is 32.0 Å². The van der Waals surface area contributed by atoms with Crippen molar-refractivity contribution in [3.8, 4) is 0 Å². The SMILES string of the molecule is CCOCCCN(CC(=O)N(Cc1ccc(F)cc1)Cc1ccc(C)o1)C(=O)Nc1ccc(C(F)(F)F)cc1. The van der Waals surface area contributed by atoms with Gasteiger partial charge in [-0.2, -0.15) is 13.2 Å². The number of aryl methyl sites for hydroxylation is 1. The van der Waals surface area contributed by atoms with Gasteiger partial charge in [0.05, 0.1) is 12.1 Å². The van der Waals surface area contributed by atoms with Crippen molar-refractivity contribution in [2.75, 3.05) is 31.6 Å². The second kappa shape index (κ2) is 13.8. The summed E-state index contributed by atoms with van der Waals surface area (Å²) in [6.07, 6.45) is -4.06. The lowest BCUT2D eigenvalue weighted by Crippen LogP contribution is -2.44. The molecule has 0 unspecified atom stereocenters. The Hall–Kier alpha value is -3.86. The van der Waals surface area contributed by atoms with Crippen LogP contribution in [-0.4, -0.2) is 48.0 Å². The van der Waals surface area contributed by atoms with Crippen LogP contribution in [0.25, 0.3) is 0 Å². The lowest BCUT2D eigenvalue weighted by molar-refractivity contribution is -0.137. The van der Waals surface area contributed by atoms with Crippen molar-refractivity contribution >= 4 is 17.6 Å². The molecule has 3 aromatic rings. The van der Waals surface area contributed by atoms with E-state index in [4.69, 9.17) is 9.15 Å². The van der Waals surface area contributed by atoms with Gasteiger partial charge in [-0.15, -0.1) is 0 Å². The number of hydrogen-bond acceptors (Lipinski definition) is 4. The van der Waals surface area contributed by atoms with Crippen molar-refractivity contribution < 1.29 is 36.3 Å². The monoisotopic (exact) mass is 549 g/mol. The molecule has 1 aromatic heterocycles. The number of alkyl halides is 3. The standard InChI is InChI=1S/C28H31F4N3O4/c1-3-38-16-4-15-34(27(37)33-24-12-8-22(9-13-24)28(30,31)32)19-26(36)35(18-25-14-5-20(2)39-25)17-21-6-10-23(29)11-7-21/h5-14H,3-4,15-19H2,1-2H3,(H,33,37). The number of amides is 3. The van der Waals surface area contributed by atoms with Crippen LogP contribution in [0.1, 0.15) is 36.0 Å². The first-order valence-corrected chi connectivity index (χ1v) is 12.4. The normalized spacial score (nSPS) is 11.3. The van der Waals surface area contributed by atoms with Gasteiger partial charge in [0.1, 0.15) is 23.9 Å². The van der Waals surface area contributed by atoms with E-state index in [9.17, 15) is 27.2 Å². The van der Waals surface area contributed by atoms with Crippen LogP contribution in [0.5, 0.6) is 0 Å². The van der Waals surface area contributed by atoms with E-state index >= 15 is 0 Å². The van der Waals surface area contributed by atoms with E-state index < -0.39 is 29.5 Å². The fraction of sp³-hybridized carbons (Fsp3) is 0.357. The number of halogens is 4. The molecule has 0 spiro atoms. The summed E-state index contributed by atoms with van der Waals surface area (Å²) in [6, 6.07) is 12.7. The molecule has 7 nitrogen and oxygen atoms in total. The van der Waals surface area contributed by atoms with E-state index in [2.05, 4.69) is 5.32 Å². The Bertz CT molecular complexity index is 1210. The average molecular weight is 550 g/mol. The van der Waals surface area contributed by atoms with Crippen LogP contribution in [0, 0.1) is 12.7 Å². The molecule has 0 aliphatic carbocycles. The zero-order chi connectivity index (χ0) is 28.4. The number of carbonyl (C=O) groups excluding carboxylic acids is 2. The molecule has 1 heterocycles. The number of furan rings is 1. The minimum atomic E-state index is -4.50. The second-order valence-electron chi connectivity index (χ2n) is 8.87. The molecule has 0 aliphatic heterocycles. The molecule has 3 rings (SSSR count). The molecule has 2 aromatic carbocycles. The maximum absolute atomic E-state index is 13.5. The van der Waals surface area contributed by atoms with E-state index in [1.54, 1.807) is 31.2 Å². The lowest BCUT2D eigenvalue weighted by Gasteiger charge is -2.27. The molecule has 210 valence electrons. The first kappa shape index (κ1) is 29.7. The number of nitrogens with zero attached hydrogens (tertiary/aromatic N) is 2. The average Bonchev–Trinajstić information content (AvgIpc) is 3.30. The highest BCUT2D eigenvalue weighted by Gasteiger charge is 2.30. The highest BCUT2D eigenvalue weighted by Crippen LogP contribution is 2.29. The van der Waals surface area contributed by atoms with Crippen molar-refractivity contribution in [3.63, 3.8) is 0 Å². The van der Waals surface area contributed by atoms with Crippen molar-refractivity contribution in [1.29, 1.82) is 0 Å². The molecule has 39 heavy (non-hydrogen) atoms. The van der Waals surface area contributed by atoms with E-state index in [0.717, 1.165) is 24.3 Å². The Morgan fingerprint density at radius 3 is 2.23 bits per heavy atom. The number of benzene rings is 2. The van der Waals surface area contributed by atoms with Crippen LogP contribution in [-0.2, 0) is 28.8 Å². The summed E-state index contributed by atoms with van der Waals surface area (Å²) in [7, 11) is 0. The molecular formula is C28H31F4N3O4. The fourth-order valence-corrected chi connectivity index (χ4v) is 3.76. The van der Waals surface area contributed by atoms with Gasteiger partial charge in [0.2, 0.25) is 5.91 Å². The summed E-state index contributed by atoms with van der Waals surface area (Å²) < 4.78 is 63.1. The first-order valence-electron chi connectivity index (χ1n) is 12.4. The van der Waals surface area contributed by atoms with E-state index in [1.807, 2.05) is 6.92 Å². The summed E-state index contributed by atoms with van der Waals surface area (Å²) in [5.74, 6) is 0.416. The number of nitrogens with one attached hydrogen (secondary N) is 1. The number of rotatable bonds is 12. The predicted octanol–water partition coefficient (Wildman–Crippen LogP) is 6.24. The van der Waals surface area contributed by atoms with Gasteiger partial charge in [-0.25, -0.2) is 9.18 Å². The molecule has 1 N–H and O–H groups in total. The molecule has 0 radical (unpaired) electrons. The molecule has 0 fully saturated rings. The Kier molecular flexibility index (Phi) is 10.5. The highest BCUT2D eigenvalue weighted by atomic mass is 19.4. The zero-order valence-electron chi connectivity index (χ0n) is 21.8. The molecule has 0 bridgehead atoms. The van der Waals surface area contributed by atoms with E-state index in [1.165, 1.54) is 21.9 Å². The van der Waals surface area contributed by atoms with Crippen molar-refractivity contribution in [2.24, 2.45) is 0 Å². The quantitative estimate of drug-likeness (QED) is 0.215. The Morgan fingerprint density at radius 1 is 0.949 bits per heavy atom. The van der Waals surface area contributed by atoms with Crippen molar-refractivity contribution in [3.05, 3.63) is 89.1 Å². The third-order valence-corrected chi connectivity index (χ3v) is 5.78. The van der Waals surface area contributed by atoms with Crippen LogP contribution in [0.15, 0.2) is 65.1 Å².